The number of hydrogen-bond donors (Lipinski definition) is 1. The number of nitrogens with one attached hydrogen (secondary N) is 1. The van der Waals surface area contributed by atoms with Gasteiger partial charge in [0, 0.05) is 39.4 Å². The number of ether oxygens (including phenoxy) is 1. The van der Waals surface area contributed by atoms with E-state index in [-0.39, 0.29) is 11.9 Å². The van der Waals surface area contributed by atoms with Gasteiger partial charge in [0.05, 0.1) is 19.3 Å². The van der Waals surface area contributed by atoms with Gasteiger partial charge in [-0.3, -0.25) is 0 Å². The summed E-state index contributed by atoms with van der Waals surface area (Å²) in [6.45, 7) is 8.45. The fraction of sp³-hybridized carbons (Fsp3) is 0.455. The Morgan fingerprint density at radius 3 is 2.90 bits per heavy atom. The molecular weight excluding hydrogens is 369 g/mol. The molecule has 0 bridgehead atoms. The summed E-state index contributed by atoms with van der Waals surface area (Å²) in [6, 6.07) is 10.8. The predicted octanol–water partition coefficient (Wildman–Crippen LogP) is 3.04. The molecule has 7 heteroatoms. The number of halogens is 1. The summed E-state index contributed by atoms with van der Waals surface area (Å²) in [5.74, 6) is 1.53. The van der Waals surface area contributed by atoms with Crippen LogP contribution in [0.5, 0.6) is 0 Å². The molecule has 1 saturated heterocycles. The summed E-state index contributed by atoms with van der Waals surface area (Å²) >= 11 is 0. The molecule has 0 aliphatic carbocycles. The third kappa shape index (κ3) is 6.15. The van der Waals surface area contributed by atoms with E-state index in [2.05, 4.69) is 28.2 Å². The van der Waals surface area contributed by atoms with Crippen molar-refractivity contribution in [2.45, 2.75) is 33.0 Å². The van der Waals surface area contributed by atoms with Crippen molar-refractivity contribution >= 4 is 11.8 Å². The third-order valence-electron chi connectivity index (χ3n) is 4.79. The summed E-state index contributed by atoms with van der Waals surface area (Å²) in [5.41, 5.74) is 1.95. The lowest BCUT2D eigenvalue weighted by atomic mass is 10.2. The smallest absolute Gasteiger partial charge is 0.194 e. The number of nitrogens with zero attached hydrogens (tertiary/aromatic N) is 4. The average molecular weight is 400 g/mol. The zero-order chi connectivity index (χ0) is 20.6. The van der Waals surface area contributed by atoms with Gasteiger partial charge in [0.2, 0.25) is 0 Å². The van der Waals surface area contributed by atoms with E-state index < -0.39 is 0 Å². The molecule has 6 nitrogen and oxygen atoms in total. The number of morpholine rings is 1. The monoisotopic (exact) mass is 399 g/mol. The van der Waals surface area contributed by atoms with Crippen LogP contribution in [0.4, 0.5) is 10.2 Å². The molecule has 1 fully saturated rings. The van der Waals surface area contributed by atoms with Gasteiger partial charge >= 0.3 is 0 Å². The third-order valence-corrected chi connectivity index (χ3v) is 4.79. The van der Waals surface area contributed by atoms with Gasteiger partial charge in [-0.15, -0.1) is 0 Å². The van der Waals surface area contributed by atoms with E-state index in [1.165, 1.54) is 6.07 Å². The second-order valence-electron chi connectivity index (χ2n) is 7.31. The zero-order valence-electron chi connectivity index (χ0n) is 17.4. The van der Waals surface area contributed by atoms with E-state index in [0.717, 1.165) is 49.1 Å². The maximum Gasteiger partial charge on any atom is 0.194 e. The van der Waals surface area contributed by atoms with Gasteiger partial charge in [-0.25, -0.2) is 14.4 Å². The minimum Gasteiger partial charge on any atom is -0.375 e. The number of benzene rings is 1. The van der Waals surface area contributed by atoms with Crippen molar-refractivity contribution < 1.29 is 9.13 Å². The van der Waals surface area contributed by atoms with Crippen molar-refractivity contribution in [1.82, 2.24) is 15.2 Å². The van der Waals surface area contributed by atoms with Crippen LogP contribution in [0.1, 0.15) is 25.0 Å². The number of rotatable bonds is 6. The predicted molar refractivity (Wildman–Crippen MR) is 115 cm³/mol. The standard InChI is InChI=1S/C22H30FN5O/c1-4-24-22(27(3)16-18-6-5-7-20(23)12-18)26-14-19-8-9-21(25-13-19)28-10-11-29-17(2)15-28/h5-9,12-13,17H,4,10-11,14-16H2,1-3H3,(H,24,26). The average Bonchev–Trinajstić information content (AvgIpc) is 2.71. The van der Waals surface area contributed by atoms with Gasteiger partial charge < -0.3 is 19.9 Å². The summed E-state index contributed by atoms with van der Waals surface area (Å²) in [7, 11) is 1.95. The number of guanidine groups is 1. The van der Waals surface area contributed by atoms with Crippen LogP contribution in [0.15, 0.2) is 47.6 Å². The fourth-order valence-electron chi connectivity index (χ4n) is 3.34. The van der Waals surface area contributed by atoms with Gasteiger partial charge in [0.25, 0.3) is 0 Å². The van der Waals surface area contributed by atoms with E-state index >= 15 is 0 Å². The molecule has 1 atom stereocenters. The van der Waals surface area contributed by atoms with Crippen molar-refractivity contribution in [3.05, 3.63) is 59.5 Å². The maximum atomic E-state index is 13.4. The first-order valence-corrected chi connectivity index (χ1v) is 10.1. The molecule has 29 heavy (non-hydrogen) atoms. The molecule has 2 heterocycles. The van der Waals surface area contributed by atoms with Crippen LogP contribution in [-0.4, -0.2) is 55.2 Å². The molecule has 0 spiro atoms. The van der Waals surface area contributed by atoms with Gasteiger partial charge in [0.15, 0.2) is 5.96 Å². The van der Waals surface area contributed by atoms with Crippen molar-refractivity contribution in [2.24, 2.45) is 4.99 Å². The second-order valence-corrected chi connectivity index (χ2v) is 7.31. The lowest BCUT2D eigenvalue weighted by Gasteiger charge is -2.32. The van der Waals surface area contributed by atoms with Crippen LogP contribution in [0.2, 0.25) is 0 Å². The number of aliphatic imine (C=N–C) groups is 1. The highest BCUT2D eigenvalue weighted by molar-refractivity contribution is 5.79. The van der Waals surface area contributed by atoms with Crippen molar-refractivity contribution in [3.8, 4) is 0 Å². The minimum absolute atomic E-state index is 0.223. The van der Waals surface area contributed by atoms with Gasteiger partial charge in [0.1, 0.15) is 11.6 Å². The summed E-state index contributed by atoms with van der Waals surface area (Å²) in [4.78, 5) is 13.6. The molecule has 3 rings (SSSR count). The Labute approximate surface area is 172 Å². The molecule has 1 aliphatic heterocycles. The molecule has 0 saturated carbocycles. The highest BCUT2D eigenvalue weighted by Gasteiger charge is 2.17. The number of hydrogen-bond acceptors (Lipinski definition) is 4. The Morgan fingerprint density at radius 1 is 1.34 bits per heavy atom. The minimum atomic E-state index is -0.223. The van der Waals surface area contributed by atoms with Crippen molar-refractivity contribution in [2.75, 3.05) is 38.2 Å². The molecule has 0 amide bonds. The largest absolute Gasteiger partial charge is 0.375 e. The van der Waals surface area contributed by atoms with Crippen LogP contribution in [-0.2, 0) is 17.8 Å². The Hall–Kier alpha value is -2.67. The lowest BCUT2D eigenvalue weighted by Crippen LogP contribution is -2.41. The lowest BCUT2D eigenvalue weighted by molar-refractivity contribution is 0.0529. The van der Waals surface area contributed by atoms with E-state index in [1.54, 1.807) is 12.1 Å². The molecule has 156 valence electrons. The number of pyridine rings is 1. The normalized spacial score (nSPS) is 17.3. The topological polar surface area (TPSA) is 53.0 Å². The first kappa shape index (κ1) is 21.0. The van der Waals surface area contributed by atoms with Crippen LogP contribution >= 0.6 is 0 Å². The van der Waals surface area contributed by atoms with Crippen LogP contribution < -0.4 is 10.2 Å². The highest BCUT2D eigenvalue weighted by atomic mass is 19.1. The van der Waals surface area contributed by atoms with Crippen LogP contribution in [0.25, 0.3) is 0 Å². The van der Waals surface area contributed by atoms with Crippen molar-refractivity contribution in [3.63, 3.8) is 0 Å². The first-order chi connectivity index (χ1) is 14.0. The maximum absolute atomic E-state index is 13.4. The van der Waals surface area contributed by atoms with E-state index in [4.69, 9.17) is 9.73 Å². The quantitative estimate of drug-likeness (QED) is 0.598. The Morgan fingerprint density at radius 2 is 2.21 bits per heavy atom. The highest BCUT2D eigenvalue weighted by Crippen LogP contribution is 2.16. The zero-order valence-corrected chi connectivity index (χ0v) is 17.4. The van der Waals surface area contributed by atoms with Gasteiger partial charge in [-0.05, 0) is 43.2 Å². The van der Waals surface area contributed by atoms with Crippen LogP contribution in [0.3, 0.4) is 0 Å². The first-order valence-electron chi connectivity index (χ1n) is 10.1. The second kappa shape index (κ2) is 10.2. The molecule has 0 radical (unpaired) electrons. The Bertz CT molecular complexity index is 811. The van der Waals surface area contributed by atoms with Gasteiger partial charge in [-0.2, -0.15) is 0 Å². The molecule has 1 aromatic carbocycles. The number of aromatic nitrogens is 1. The molecule has 1 unspecified atom stereocenters. The molecule has 1 aliphatic rings. The molecule has 1 aromatic heterocycles. The molecule has 1 N–H and O–H groups in total. The molecule has 2 aromatic rings. The Kier molecular flexibility index (Phi) is 7.41. The van der Waals surface area contributed by atoms with Crippen molar-refractivity contribution in [1.29, 1.82) is 0 Å². The fourth-order valence-corrected chi connectivity index (χ4v) is 3.34. The van der Waals surface area contributed by atoms with E-state index in [9.17, 15) is 4.39 Å². The van der Waals surface area contributed by atoms with E-state index in [1.807, 2.05) is 37.2 Å². The van der Waals surface area contributed by atoms with Crippen LogP contribution in [0, 0.1) is 5.82 Å². The Balaban J connectivity index is 1.63. The summed E-state index contributed by atoms with van der Waals surface area (Å²) in [5, 5.41) is 3.30. The SMILES string of the molecule is CCNC(=NCc1ccc(N2CCOC(C)C2)nc1)N(C)Cc1cccc(F)c1. The summed E-state index contributed by atoms with van der Waals surface area (Å²) < 4.78 is 19.0. The number of anilines is 1. The summed E-state index contributed by atoms with van der Waals surface area (Å²) in [6.07, 6.45) is 2.11. The van der Waals surface area contributed by atoms with Gasteiger partial charge in [-0.1, -0.05) is 18.2 Å². The van der Waals surface area contributed by atoms with E-state index in [0.29, 0.717) is 13.1 Å². The molecular formula is C22H30FN5O.